The number of rotatable bonds is 3. The van der Waals surface area contributed by atoms with Gasteiger partial charge in [-0.05, 0) is 26.1 Å². The van der Waals surface area contributed by atoms with Gasteiger partial charge in [0.25, 0.3) is 0 Å². The summed E-state index contributed by atoms with van der Waals surface area (Å²) in [5, 5.41) is 3.91. The molecule has 0 aromatic rings. The molecule has 0 bridgehead atoms. The highest BCUT2D eigenvalue weighted by atomic mass is 32.2. The SMILES string of the molecule is CNC1COCC1C(=O)N1CCC(SC)CC1. The minimum Gasteiger partial charge on any atom is -0.379 e. The molecule has 2 heterocycles. The molecule has 2 rings (SSSR count). The topological polar surface area (TPSA) is 41.6 Å². The van der Waals surface area contributed by atoms with Gasteiger partial charge < -0.3 is 15.0 Å². The second kappa shape index (κ2) is 6.07. The first-order chi connectivity index (χ1) is 8.26. The fourth-order valence-electron chi connectivity index (χ4n) is 2.63. The van der Waals surface area contributed by atoms with Crippen LogP contribution in [0.1, 0.15) is 12.8 Å². The lowest BCUT2D eigenvalue weighted by Crippen LogP contribution is -2.47. The minimum atomic E-state index is 0.0193. The Hall–Kier alpha value is -0.260. The van der Waals surface area contributed by atoms with Gasteiger partial charge in [0.15, 0.2) is 0 Å². The van der Waals surface area contributed by atoms with E-state index in [0.717, 1.165) is 31.2 Å². The fraction of sp³-hybridized carbons (Fsp3) is 0.917. The number of ether oxygens (including phenoxy) is 1. The van der Waals surface area contributed by atoms with Gasteiger partial charge in [0, 0.05) is 24.4 Å². The van der Waals surface area contributed by atoms with Crippen molar-refractivity contribution in [3.05, 3.63) is 0 Å². The lowest BCUT2D eigenvalue weighted by atomic mass is 10.0. The Bertz CT molecular complexity index is 267. The Morgan fingerprint density at radius 3 is 2.65 bits per heavy atom. The molecular formula is C12H22N2O2S. The van der Waals surface area contributed by atoms with E-state index in [9.17, 15) is 4.79 Å². The number of nitrogens with zero attached hydrogens (tertiary/aromatic N) is 1. The van der Waals surface area contributed by atoms with E-state index < -0.39 is 0 Å². The molecule has 0 radical (unpaired) electrons. The van der Waals surface area contributed by atoms with Gasteiger partial charge in [-0.3, -0.25) is 4.79 Å². The van der Waals surface area contributed by atoms with Crippen LogP contribution in [0.15, 0.2) is 0 Å². The van der Waals surface area contributed by atoms with Crippen LogP contribution in [0.4, 0.5) is 0 Å². The Labute approximate surface area is 107 Å². The van der Waals surface area contributed by atoms with E-state index in [-0.39, 0.29) is 17.9 Å². The van der Waals surface area contributed by atoms with E-state index in [2.05, 4.69) is 11.6 Å². The fourth-order valence-corrected chi connectivity index (χ4v) is 3.31. The standard InChI is InChI=1S/C12H22N2O2S/c1-13-11-8-16-7-10(11)12(15)14-5-3-9(17-2)4-6-14/h9-11,13H,3-8H2,1-2H3. The van der Waals surface area contributed by atoms with E-state index in [1.165, 1.54) is 0 Å². The molecule has 2 aliphatic rings. The van der Waals surface area contributed by atoms with Crippen molar-refractivity contribution in [3.8, 4) is 0 Å². The summed E-state index contributed by atoms with van der Waals surface area (Å²) in [6, 6.07) is 0.195. The van der Waals surface area contributed by atoms with Crippen LogP contribution in [0.25, 0.3) is 0 Å². The van der Waals surface area contributed by atoms with E-state index in [0.29, 0.717) is 13.2 Å². The number of piperidine rings is 1. The van der Waals surface area contributed by atoms with Crippen molar-refractivity contribution in [2.24, 2.45) is 5.92 Å². The Morgan fingerprint density at radius 2 is 2.06 bits per heavy atom. The number of likely N-dealkylation sites (N-methyl/N-ethyl adjacent to an activating group) is 1. The first-order valence-electron chi connectivity index (χ1n) is 6.33. The number of likely N-dealkylation sites (tertiary alicyclic amines) is 1. The van der Waals surface area contributed by atoms with Gasteiger partial charge in [0.1, 0.15) is 0 Å². The molecule has 2 aliphatic heterocycles. The van der Waals surface area contributed by atoms with Gasteiger partial charge >= 0.3 is 0 Å². The number of hydrogen-bond acceptors (Lipinski definition) is 4. The van der Waals surface area contributed by atoms with E-state index in [4.69, 9.17) is 4.74 Å². The summed E-state index contributed by atoms with van der Waals surface area (Å²) in [7, 11) is 1.90. The first kappa shape index (κ1) is 13.2. The molecular weight excluding hydrogens is 236 g/mol. The third-order valence-corrected chi connectivity index (χ3v) is 4.99. The van der Waals surface area contributed by atoms with Crippen molar-refractivity contribution in [2.45, 2.75) is 24.1 Å². The third-order valence-electron chi connectivity index (χ3n) is 3.86. The molecule has 0 aliphatic carbocycles. The van der Waals surface area contributed by atoms with Crippen LogP contribution in [0.2, 0.25) is 0 Å². The molecule has 1 amide bonds. The number of carbonyl (C=O) groups excluding carboxylic acids is 1. The monoisotopic (exact) mass is 258 g/mol. The highest BCUT2D eigenvalue weighted by molar-refractivity contribution is 7.99. The molecule has 4 nitrogen and oxygen atoms in total. The van der Waals surface area contributed by atoms with Crippen LogP contribution in [0, 0.1) is 5.92 Å². The molecule has 2 unspecified atom stereocenters. The average Bonchev–Trinajstić information content (AvgIpc) is 2.86. The maximum Gasteiger partial charge on any atom is 0.229 e. The van der Waals surface area contributed by atoms with Crippen molar-refractivity contribution in [2.75, 3.05) is 39.6 Å². The molecule has 0 saturated carbocycles. The zero-order chi connectivity index (χ0) is 12.3. The van der Waals surface area contributed by atoms with Gasteiger partial charge in [0.05, 0.1) is 19.1 Å². The van der Waals surface area contributed by atoms with Gasteiger partial charge in [-0.15, -0.1) is 0 Å². The molecule has 17 heavy (non-hydrogen) atoms. The highest BCUT2D eigenvalue weighted by Gasteiger charge is 2.36. The quantitative estimate of drug-likeness (QED) is 0.804. The van der Waals surface area contributed by atoms with Gasteiger partial charge in [-0.25, -0.2) is 0 Å². The molecule has 0 spiro atoms. The molecule has 5 heteroatoms. The van der Waals surface area contributed by atoms with Crippen LogP contribution >= 0.6 is 11.8 Å². The van der Waals surface area contributed by atoms with Crippen molar-refractivity contribution in [3.63, 3.8) is 0 Å². The first-order valence-corrected chi connectivity index (χ1v) is 7.61. The predicted octanol–water partition coefficient (Wildman–Crippen LogP) is 0.575. The highest BCUT2D eigenvalue weighted by Crippen LogP contribution is 2.24. The van der Waals surface area contributed by atoms with Crippen molar-refractivity contribution >= 4 is 17.7 Å². The normalized spacial score (nSPS) is 30.8. The summed E-state index contributed by atoms with van der Waals surface area (Å²) in [4.78, 5) is 14.4. The summed E-state index contributed by atoms with van der Waals surface area (Å²) in [5.41, 5.74) is 0. The van der Waals surface area contributed by atoms with E-state index in [1.807, 2.05) is 23.7 Å². The second-order valence-electron chi connectivity index (χ2n) is 4.80. The lowest BCUT2D eigenvalue weighted by molar-refractivity contribution is -0.136. The van der Waals surface area contributed by atoms with Crippen molar-refractivity contribution in [1.82, 2.24) is 10.2 Å². The molecule has 1 N–H and O–H groups in total. The summed E-state index contributed by atoms with van der Waals surface area (Å²) in [6.45, 7) is 3.07. The number of thioether (sulfide) groups is 1. The molecule has 2 saturated heterocycles. The maximum atomic E-state index is 12.4. The molecule has 2 fully saturated rings. The zero-order valence-corrected chi connectivity index (χ0v) is 11.5. The van der Waals surface area contributed by atoms with E-state index >= 15 is 0 Å². The number of amides is 1. The zero-order valence-electron chi connectivity index (χ0n) is 10.6. The Morgan fingerprint density at radius 1 is 1.35 bits per heavy atom. The van der Waals surface area contributed by atoms with Crippen LogP contribution in [-0.4, -0.2) is 61.7 Å². The summed E-state index contributed by atoms with van der Waals surface area (Å²) in [5.74, 6) is 0.298. The lowest BCUT2D eigenvalue weighted by Gasteiger charge is -2.33. The summed E-state index contributed by atoms with van der Waals surface area (Å²) >= 11 is 1.92. The van der Waals surface area contributed by atoms with Gasteiger partial charge in [-0.2, -0.15) is 11.8 Å². The smallest absolute Gasteiger partial charge is 0.229 e. The maximum absolute atomic E-state index is 12.4. The summed E-state index contributed by atoms with van der Waals surface area (Å²) < 4.78 is 5.40. The van der Waals surface area contributed by atoms with Crippen molar-refractivity contribution < 1.29 is 9.53 Å². The second-order valence-corrected chi connectivity index (χ2v) is 5.94. The number of nitrogens with one attached hydrogen (secondary N) is 1. The van der Waals surface area contributed by atoms with Crippen LogP contribution in [-0.2, 0) is 9.53 Å². The van der Waals surface area contributed by atoms with Gasteiger partial charge in [0.2, 0.25) is 5.91 Å². The summed E-state index contributed by atoms with van der Waals surface area (Å²) in [6.07, 6.45) is 4.42. The van der Waals surface area contributed by atoms with Crippen molar-refractivity contribution in [1.29, 1.82) is 0 Å². The number of hydrogen-bond donors (Lipinski definition) is 1. The van der Waals surface area contributed by atoms with Crippen LogP contribution in [0.3, 0.4) is 0 Å². The van der Waals surface area contributed by atoms with E-state index in [1.54, 1.807) is 0 Å². The predicted molar refractivity (Wildman–Crippen MR) is 70.3 cm³/mol. The molecule has 0 aromatic heterocycles. The third kappa shape index (κ3) is 2.95. The number of carbonyl (C=O) groups is 1. The molecule has 0 aromatic carbocycles. The largest absolute Gasteiger partial charge is 0.379 e. The van der Waals surface area contributed by atoms with Gasteiger partial charge in [-0.1, -0.05) is 0 Å². The Kier molecular flexibility index (Phi) is 4.70. The van der Waals surface area contributed by atoms with Crippen LogP contribution in [0.5, 0.6) is 0 Å². The minimum absolute atomic E-state index is 0.0193. The Balaban J connectivity index is 1.88. The molecule has 98 valence electrons. The average molecular weight is 258 g/mol. The van der Waals surface area contributed by atoms with Crippen LogP contribution < -0.4 is 5.32 Å². The molecule has 2 atom stereocenters.